The maximum atomic E-state index is 12.6. The van der Waals surface area contributed by atoms with Crippen LogP contribution in [0.2, 0.25) is 0 Å². The summed E-state index contributed by atoms with van der Waals surface area (Å²) in [6, 6.07) is -0.234. The van der Waals surface area contributed by atoms with Gasteiger partial charge >= 0.3 is 0 Å². The molecule has 2 heterocycles. The van der Waals surface area contributed by atoms with Gasteiger partial charge in [0.05, 0.1) is 11.9 Å². The Labute approximate surface area is 130 Å². The van der Waals surface area contributed by atoms with Gasteiger partial charge in [0.25, 0.3) is 0 Å². The van der Waals surface area contributed by atoms with Crippen molar-refractivity contribution in [2.24, 2.45) is 11.1 Å². The molecular weight excluding hydrogens is 282 g/mol. The maximum absolute atomic E-state index is 12.6. The van der Waals surface area contributed by atoms with Crippen LogP contribution >= 0.6 is 0 Å². The van der Waals surface area contributed by atoms with Gasteiger partial charge in [-0.05, 0) is 18.3 Å². The molecular formula is C15H25N5O2. The number of hydrogen-bond acceptors (Lipinski definition) is 4. The Kier molecular flexibility index (Phi) is 4.73. The van der Waals surface area contributed by atoms with Gasteiger partial charge in [-0.15, -0.1) is 0 Å². The van der Waals surface area contributed by atoms with Crippen molar-refractivity contribution in [1.29, 1.82) is 0 Å². The number of rotatable bonds is 5. The topological polar surface area (TPSA) is 93.2 Å². The SMILES string of the molecule is CC(C)(C)CN1CCC[C@@H](Nc2cnn(CC(N)=O)c2)C1=O. The van der Waals surface area contributed by atoms with Crippen LogP contribution in [0.1, 0.15) is 33.6 Å². The minimum absolute atomic E-state index is 0.0381. The van der Waals surface area contributed by atoms with Crippen molar-refractivity contribution in [3.8, 4) is 0 Å². The van der Waals surface area contributed by atoms with E-state index in [-0.39, 0.29) is 23.9 Å². The van der Waals surface area contributed by atoms with E-state index in [9.17, 15) is 9.59 Å². The summed E-state index contributed by atoms with van der Waals surface area (Å²) in [5.74, 6) is -0.316. The first kappa shape index (κ1) is 16.3. The first-order chi connectivity index (χ1) is 10.2. The summed E-state index contributed by atoms with van der Waals surface area (Å²) in [7, 11) is 0. The van der Waals surface area contributed by atoms with Crippen molar-refractivity contribution < 1.29 is 9.59 Å². The van der Waals surface area contributed by atoms with Crippen LogP contribution in [0.5, 0.6) is 0 Å². The first-order valence-electron chi connectivity index (χ1n) is 7.61. The minimum Gasteiger partial charge on any atom is -0.371 e. The second-order valence-corrected chi connectivity index (χ2v) is 7.05. The van der Waals surface area contributed by atoms with Crippen molar-refractivity contribution in [2.45, 2.75) is 46.2 Å². The number of hydrogen-bond donors (Lipinski definition) is 2. The van der Waals surface area contributed by atoms with E-state index in [1.807, 2.05) is 4.90 Å². The number of nitrogens with two attached hydrogens (primary N) is 1. The Morgan fingerprint density at radius 3 is 2.86 bits per heavy atom. The van der Waals surface area contributed by atoms with Gasteiger partial charge in [0.15, 0.2) is 0 Å². The van der Waals surface area contributed by atoms with Crippen LogP contribution in [-0.4, -0.2) is 45.6 Å². The van der Waals surface area contributed by atoms with E-state index < -0.39 is 5.91 Å². The molecule has 0 aliphatic carbocycles. The molecule has 1 saturated heterocycles. The zero-order chi connectivity index (χ0) is 16.3. The molecule has 122 valence electrons. The number of likely N-dealkylation sites (tertiary alicyclic amines) is 1. The molecule has 1 atom stereocenters. The fourth-order valence-electron chi connectivity index (χ4n) is 2.69. The van der Waals surface area contributed by atoms with Gasteiger partial charge in [-0.1, -0.05) is 20.8 Å². The van der Waals surface area contributed by atoms with Gasteiger partial charge in [0.1, 0.15) is 12.6 Å². The first-order valence-corrected chi connectivity index (χ1v) is 7.61. The van der Waals surface area contributed by atoms with Crippen LogP contribution in [0.4, 0.5) is 5.69 Å². The Morgan fingerprint density at radius 1 is 1.50 bits per heavy atom. The molecule has 1 fully saturated rings. The largest absolute Gasteiger partial charge is 0.371 e. The van der Waals surface area contributed by atoms with Gasteiger partial charge < -0.3 is 16.0 Å². The lowest BCUT2D eigenvalue weighted by atomic mass is 9.94. The average Bonchev–Trinajstić information content (AvgIpc) is 2.79. The van der Waals surface area contributed by atoms with Crippen molar-refractivity contribution in [3.63, 3.8) is 0 Å². The van der Waals surface area contributed by atoms with Crippen LogP contribution < -0.4 is 11.1 Å². The number of anilines is 1. The third-order valence-electron chi connectivity index (χ3n) is 3.49. The van der Waals surface area contributed by atoms with E-state index in [1.165, 1.54) is 4.68 Å². The van der Waals surface area contributed by atoms with Crippen LogP contribution in [0, 0.1) is 5.41 Å². The number of primary amides is 1. The van der Waals surface area contributed by atoms with Gasteiger partial charge in [0, 0.05) is 19.3 Å². The van der Waals surface area contributed by atoms with E-state index in [0.29, 0.717) is 0 Å². The maximum Gasteiger partial charge on any atom is 0.245 e. The molecule has 3 N–H and O–H groups in total. The molecule has 0 bridgehead atoms. The van der Waals surface area contributed by atoms with Gasteiger partial charge in [-0.25, -0.2) is 0 Å². The molecule has 1 aromatic heterocycles. The number of nitrogens with one attached hydrogen (secondary N) is 1. The zero-order valence-corrected chi connectivity index (χ0v) is 13.5. The van der Waals surface area contributed by atoms with Crippen LogP contribution in [0.25, 0.3) is 0 Å². The average molecular weight is 307 g/mol. The highest BCUT2D eigenvalue weighted by molar-refractivity contribution is 5.85. The van der Waals surface area contributed by atoms with E-state index in [2.05, 4.69) is 31.2 Å². The Bertz CT molecular complexity index is 546. The smallest absolute Gasteiger partial charge is 0.245 e. The van der Waals surface area contributed by atoms with E-state index in [4.69, 9.17) is 5.73 Å². The predicted octanol–water partition coefficient (Wildman–Crippen LogP) is 0.817. The molecule has 7 heteroatoms. The molecule has 0 saturated carbocycles. The van der Waals surface area contributed by atoms with Crippen molar-refractivity contribution in [2.75, 3.05) is 18.4 Å². The minimum atomic E-state index is -0.445. The molecule has 0 aromatic carbocycles. The van der Waals surface area contributed by atoms with E-state index in [0.717, 1.165) is 31.6 Å². The summed E-state index contributed by atoms with van der Waals surface area (Å²) in [4.78, 5) is 25.4. The number of aromatic nitrogens is 2. The summed E-state index contributed by atoms with van der Waals surface area (Å²) in [5, 5.41) is 7.27. The second kappa shape index (κ2) is 6.37. The summed E-state index contributed by atoms with van der Waals surface area (Å²) in [6.45, 7) is 8.00. The monoisotopic (exact) mass is 307 g/mol. The summed E-state index contributed by atoms with van der Waals surface area (Å²) < 4.78 is 1.46. The van der Waals surface area contributed by atoms with E-state index >= 15 is 0 Å². The molecule has 2 amide bonds. The number of piperidine rings is 1. The Morgan fingerprint density at radius 2 is 2.23 bits per heavy atom. The highest BCUT2D eigenvalue weighted by Crippen LogP contribution is 2.22. The normalized spacial score (nSPS) is 19.3. The lowest BCUT2D eigenvalue weighted by molar-refractivity contribution is -0.135. The highest BCUT2D eigenvalue weighted by atomic mass is 16.2. The van der Waals surface area contributed by atoms with Gasteiger partial charge in [-0.2, -0.15) is 5.10 Å². The standard InChI is InChI=1S/C15H25N5O2/c1-15(2,3)10-19-6-4-5-12(14(19)22)18-11-7-17-20(8-11)9-13(16)21/h7-8,12,18H,4-6,9-10H2,1-3H3,(H2,16,21)/t12-/m1/s1. The summed E-state index contributed by atoms with van der Waals surface area (Å²) in [5.41, 5.74) is 5.96. The third kappa shape index (κ3) is 4.47. The van der Waals surface area contributed by atoms with Crippen LogP contribution in [-0.2, 0) is 16.1 Å². The van der Waals surface area contributed by atoms with Crippen LogP contribution in [0.15, 0.2) is 12.4 Å². The lowest BCUT2D eigenvalue weighted by Crippen LogP contribution is -2.50. The molecule has 1 aromatic rings. The lowest BCUT2D eigenvalue weighted by Gasteiger charge is -2.36. The van der Waals surface area contributed by atoms with Crippen molar-refractivity contribution >= 4 is 17.5 Å². The van der Waals surface area contributed by atoms with Crippen molar-refractivity contribution in [3.05, 3.63) is 12.4 Å². The molecule has 22 heavy (non-hydrogen) atoms. The predicted molar refractivity (Wildman–Crippen MR) is 84.1 cm³/mol. The number of carbonyl (C=O) groups excluding carboxylic acids is 2. The highest BCUT2D eigenvalue weighted by Gasteiger charge is 2.31. The van der Waals surface area contributed by atoms with Crippen LogP contribution in [0.3, 0.4) is 0 Å². The van der Waals surface area contributed by atoms with Crippen molar-refractivity contribution in [1.82, 2.24) is 14.7 Å². The van der Waals surface area contributed by atoms with E-state index in [1.54, 1.807) is 12.4 Å². The molecule has 2 rings (SSSR count). The quantitative estimate of drug-likeness (QED) is 0.842. The molecule has 0 spiro atoms. The fraction of sp³-hybridized carbons (Fsp3) is 0.667. The zero-order valence-electron chi connectivity index (χ0n) is 13.5. The van der Waals surface area contributed by atoms with Gasteiger partial charge in [0.2, 0.25) is 11.8 Å². The molecule has 0 unspecified atom stereocenters. The Balaban J connectivity index is 1.98. The number of carbonyl (C=O) groups is 2. The van der Waals surface area contributed by atoms with Gasteiger partial charge in [-0.3, -0.25) is 14.3 Å². The fourth-order valence-corrected chi connectivity index (χ4v) is 2.69. The molecule has 1 aliphatic rings. The second-order valence-electron chi connectivity index (χ2n) is 7.05. The molecule has 1 aliphatic heterocycles. The molecule has 0 radical (unpaired) electrons. The molecule has 7 nitrogen and oxygen atoms in total. The number of amides is 2. The summed E-state index contributed by atoms with van der Waals surface area (Å²) >= 11 is 0. The Hall–Kier alpha value is -2.05. The summed E-state index contributed by atoms with van der Waals surface area (Å²) in [6.07, 6.45) is 5.09. The number of nitrogens with zero attached hydrogens (tertiary/aromatic N) is 3. The third-order valence-corrected chi connectivity index (χ3v) is 3.49.